The largest absolute Gasteiger partial charge is 0.492 e. The van der Waals surface area contributed by atoms with Gasteiger partial charge in [-0.2, -0.15) is 0 Å². The predicted octanol–water partition coefficient (Wildman–Crippen LogP) is 7.07. The molecule has 4 amide bonds. The first-order valence-electron chi connectivity index (χ1n) is 12.5. The van der Waals surface area contributed by atoms with Crippen LogP contribution in [-0.2, 0) is 5.41 Å². The summed E-state index contributed by atoms with van der Waals surface area (Å²) in [4.78, 5) is 31.4. The lowest BCUT2D eigenvalue weighted by atomic mass is 9.86. The van der Waals surface area contributed by atoms with Gasteiger partial charge in [-0.15, -0.1) is 0 Å². The molecule has 0 spiro atoms. The Balaban J connectivity index is 1.72. The molecule has 1 aromatic heterocycles. The summed E-state index contributed by atoms with van der Waals surface area (Å²) in [7, 11) is 4.79. The van der Waals surface area contributed by atoms with E-state index in [1.165, 1.54) is 12.0 Å². The van der Waals surface area contributed by atoms with E-state index >= 15 is 0 Å². The van der Waals surface area contributed by atoms with Crippen LogP contribution in [0.5, 0.6) is 17.2 Å². The van der Waals surface area contributed by atoms with E-state index < -0.39 is 6.03 Å². The fourth-order valence-electron chi connectivity index (χ4n) is 3.96. The van der Waals surface area contributed by atoms with Crippen molar-refractivity contribution in [3.63, 3.8) is 0 Å². The number of rotatable bonds is 6. The molecule has 9 heteroatoms. The summed E-state index contributed by atoms with van der Waals surface area (Å²) in [5, 5.41) is 10.5. The number of urea groups is 2. The first kappa shape index (κ1) is 27.3. The van der Waals surface area contributed by atoms with Crippen LogP contribution in [0.3, 0.4) is 0 Å². The highest BCUT2D eigenvalue weighted by Crippen LogP contribution is 2.40. The van der Waals surface area contributed by atoms with Gasteiger partial charge in [-0.05, 0) is 46.7 Å². The number of carbonyl (C=O) groups is 2. The first-order valence-corrected chi connectivity index (χ1v) is 12.5. The number of nitrogens with one attached hydrogen (secondary N) is 3. The van der Waals surface area contributed by atoms with Gasteiger partial charge in [0.05, 0.1) is 24.2 Å². The van der Waals surface area contributed by atoms with E-state index in [0.717, 1.165) is 16.3 Å². The van der Waals surface area contributed by atoms with Crippen molar-refractivity contribution in [2.24, 2.45) is 0 Å². The van der Waals surface area contributed by atoms with Crippen LogP contribution < -0.4 is 25.4 Å². The van der Waals surface area contributed by atoms with Crippen LogP contribution in [0.4, 0.5) is 26.7 Å². The Morgan fingerprint density at radius 2 is 1.54 bits per heavy atom. The molecular formula is C30H33N5O4. The molecule has 0 aliphatic rings. The second kappa shape index (κ2) is 11.3. The van der Waals surface area contributed by atoms with Crippen LogP contribution in [0.2, 0.25) is 0 Å². The Bertz CT molecular complexity index is 1500. The van der Waals surface area contributed by atoms with Crippen LogP contribution in [0.1, 0.15) is 26.3 Å². The molecule has 0 aliphatic carbocycles. The lowest BCUT2D eigenvalue weighted by Gasteiger charge is -2.24. The summed E-state index contributed by atoms with van der Waals surface area (Å²) >= 11 is 0. The number of methoxy groups -OCH3 is 1. The van der Waals surface area contributed by atoms with Crippen molar-refractivity contribution in [2.75, 3.05) is 37.2 Å². The maximum Gasteiger partial charge on any atom is 0.323 e. The summed E-state index contributed by atoms with van der Waals surface area (Å²) in [6, 6.07) is 17.8. The summed E-state index contributed by atoms with van der Waals surface area (Å²) in [5.41, 5.74) is 2.01. The summed E-state index contributed by atoms with van der Waals surface area (Å²) < 4.78 is 11.7. The number of nitrogens with zero attached hydrogens (tertiary/aromatic N) is 2. The quantitative estimate of drug-likeness (QED) is 0.249. The minimum atomic E-state index is -0.500. The van der Waals surface area contributed by atoms with Gasteiger partial charge in [0.15, 0.2) is 11.5 Å². The number of amides is 4. The molecule has 39 heavy (non-hydrogen) atoms. The van der Waals surface area contributed by atoms with Gasteiger partial charge < -0.3 is 30.3 Å². The fourth-order valence-corrected chi connectivity index (χ4v) is 3.96. The van der Waals surface area contributed by atoms with Gasteiger partial charge in [-0.1, -0.05) is 51.1 Å². The molecule has 1 heterocycles. The molecule has 0 radical (unpaired) electrons. The molecule has 0 atom stereocenters. The molecule has 0 bridgehead atoms. The van der Waals surface area contributed by atoms with E-state index in [1.54, 1.807) is 38.6 Å². The maximum absolute atomic E-state index is 13.5. The van der Waals surface area contributed by atoms with Crippen molar-refractivity contribution >= 4 is 39.9 Å². The second-order valence-corrected chi connectivity index (χ2v) is 10.2. The van der Waals surface area contributed by atoms with Crippen LogP contribution >= 0.6 is 0 Å². The standard InChI is InChI=1S/C30H33N5O4/c1-30(2,3)20-17-23(27(38-6)24(18-20)33-29(37)35(4)5)32-28(36)34-26-22-10-8-7-9-19(22)11-12-25(26)39-21-13-15-31-16-14-21/h7-18H,1-6H3,(H,33,37)(H2,32,34,36). The molecule has 9 nitrogen and oxygen atoms in total. The average molecular weight is 528 g/mol. The lowest BCUT2D eigenvalue weighted by Crippen LogP contribution is -2.28. The molecule has 0 aliphatic heterocycles. The second-order valence-electron chi connectivity index (χ2n) is 10.2. The van der Waals surface area contributed by atoms with Crippen molar-refractivity contribution in [3.05, 3.63) is 78.6 Å². The van der Waals surface area contributed by atoms with Crippen molar-refractivity contribution in [1.29, 1.82) is 0 Å². The van der Waals surface area contributed by atoms with Crippen molar-refractivity contribution in [3.8, 4) is 17.2 Å². The van der Waals surface area contributed by atoms with Gasteiger partial charge in [0.25, 0.3) is 0 Å². The molecule has 0 unspecified atom stereocenters. The molecule has 0 saturated carbocycles. The van der Waals surface area contributed by atoms with Crippen molar-refractivity contribution in [1.82, 2.24) is 9.88 Å². The minimum absolute atomic E-state index is 0.266. The number of pyridine rings is 1. The third kappa shape index (κ3) is 6.38. The number of aromatic nitrogens is 1. The number of ether oxygens (including phenoxy) is 2. The lowest BCUT2D eigenvalue weighted by molar-refractivity contribution is 0.230. The van der Waals surface area contributed by atoms with Gasteiger partial charge in [-0.3, -0.25) is 4.98 Å². The van der Waals surface area contributed by atoms with Crippen LogP contribution in [-0.4, -0.2) is 43.2 Å². The SMILES string of the molecule is COc1c(NC(=O)Nc2c(Oc3ccncc3)ccc3ccccc23)cc(C(C)(C)C)cc1NC(=O)N(C)C. The Morgan fingerprint density at radius 3 is 2.18 bits per heavy atom. The topological polar surface area (TPSA) is 105 Å². The number of fused-ring (bicyclic) bond motifs is 1. The zero-order valence-corrected chi connectivity index (χ0v) is 23.0. The number of hydrogen-bond donors (Lipinski definition) is 3. The van der Waals surface area contributed by atoms with E-state index in [-0.39, 0.29) is 11.4 Å². The third-order valence-corrected chi connectivity index (χ3v) is 6.06. The number of carbonyl (C=O) groups excluding carboxylic acids is 2. The zero-order chi connectivity index (χ0) is 28.2. The van der Waals surface area contributed by atoms with E-state index in [1.807, 2.05) is 48.5 Å². The Kier molecular flexibility index (Phi) is 7.90. The molecule has 202 valence electrons. The van der Waals surface area contributed by atoms with Gasteiger partial charge >= 0.3 is 12.1 Å². The van der Waals surface area contributed by atoms with Crippen LogP contribution in [0.15, 0.2) is 73.1 Å². The smallest absolute Gasteiger partial charge is 0.323 e. The summed E-state index contributed by atoms with van der Waals surface area (Å²) in [6.45, 7) is 6.15. The van der Waals surface area contributed by atoms with Gasteiger partial charge in [0.1, 0.15) is 5.75 Å². The van der Waals surface area contributed by atoms with Gasteiger partial charge in [0.2, 0.25) is 0 Å². The fraction of sp³-hybridized carbons (Fsp3) is 0.233. The summed E-state index contributed by atoms with van der Waals surface area (Å²) in [5.74, 6) is 1.40. The molecular weight excluding hydrogens is 494 g/mol. The Hall–Kier alpha value is -4.79. The molecule has 4 rings (SSSR count). The monoisotopic (exact) mass is 527 g/mol. The van der Waals surface area contributed by atoms with E-state index in [9.17, 15) is 9.59 Å². The molecule has 3 N–H and O–H groups in total. The predicted molar refractivity (Wildman–Crippen MR) is 155 cm³/mol. The minimum Gasteiger partial charge on any atom is -0.492 e. The van der Waals surface area contributed by atoms with E-state index in [4.69, 9.17) is 9.47 Å². The highest BCUT2D eigenvalue weighted by Gasteiger charge is 2.23. The zero-order valence-electron chi connectivity index (χ0n) is 23.0. The van der Waals surface area contributed by atoms with Crippen LogP contribution in [0.25, 0.3) is 10.8 Å². The van der Waals surface area contributed by atoms with Crippen LogP contribution in [0, 0.1) is 0 Å². The van der Waals surface area contributed by atoms with E-state index in [0.29, 0.717) is 34.3 Å². The molecule has 4 aromatic rings. The van der Waals surface area contributed by atoms with Gasteiger partial charge in [0, 0.05) is 31.9 Å². The normalized spacial score (nSPS) is 11.0. The van der Waals surface area contributed by atoms with Gasteiger partial charge in [-0.25, -0.2) is 9.59 Å². The maximum atomic E-state index is 13.5. The number of anilines is 3. The Labute approximate surface area is 228 Å². The molecule has 0 fully saturated rings. The highest BCUT2D eigenvalue weighted by molar-refractivity contribution is 6.09. The highest BCUT2D eigenvalue weighted by atomic mass is 16.5. The molecule has 3 aromatic carbocycles. The average Bonchev–Trinajstić information content (AvgIpc) is 2.90. The Morgan fingerprint density at radius 1 is 0.872 bits per heavy atom. The number of hydrogen-bond acceptors (Lipinski definition) is 5. The third-order valence-electron chi connectivity index (χ3n) is 6.06. The summed E-state index contributed by atoms with van der Waals surface area (Å²) in [6.07, 6.45) is 3.27. The molecule has 0 saturated heterocycles. The first-order chi connectivity index (χ1) is 18.6. The van der Waals surface area contributed by atoms with Crippen molar-refractivity contribution < 1.29 is 19.1 Å². The van der Waals surface area contributed by atoms with E-state index in [2.05, 4.69) is 41.7 Å². The number of benzene rings is 3. The van der Waals surface area contributed by atoms with Crippen molar-refractivity contribution in [2.45, 2.75) is 26.2 Å².